The third-order valence-electron chi connectivity index (χ3n) is 2.98. The molecule has 21 heavy (non-hydrogen) atoms. The Morgan fingerprint density at radius 2 is 1.81 bits per heavy atom. The number of aryl methyl sites for hydroxylation is 1. The van der Waals surface area contributed by atoms with Crippen LogP contribution in [0.15, 0.2) is 40.9 Å². The molecule has 0 amide bonds. The smallest absolute Gasteiger partial charge is 0.399 e. The summed E-state index contributed by atoms with van der Waals surface area (Å²) in [6, 6.07) is 7.77. The van der Waals surface area contributed by atoms with Gasteiger partial charge in [0.1, 0.15) is 0 Å². The lowest BCUT2D eigenvalue weighted by atomic mass is 9.97. The van der Waals surface area contributed by atoms with E-state index >= 15 is 0 Å². The minimum Gasteiger partial charge on any atom is -0.399 e. The monoisotopic (exact) mass is 357 g/mol. The molecule has 2 N–H and O–H groups in total. The maximum absolute atomic E-state index is 12.6. The zero-order valence-corrected chi connectivity index (χ0v) is 12.5. The van der Waals surface area contributed by atoms with Crippen molar-refractivity contribution in [3.8, 4) is 0 Å². The van der Waals surface area contributed by atoms with Crippen molar-refractivity contribution in [3.05, 3.63) is 63.1 Å². The minimum absolute atomic E-state index is 0.223. The van der Waals surface area contributed by atoms with Crippen LogP contribution in [0, 0.1) is 6.92 Å². The molecular weight excluding hydrogens is 347 g/mol. The second kappa shape index (κ2) is 5.52. The summed E-state index contributed by atoms with van der Waals surface area (Å²) < 4.78 is 38.5. The van der Waals surface area contributed by atoms with Gasteiger partial charge in [-0.25, -0.2) is 0 Å². The van der Waals surface area contributed by atoms with Crippen LogP contribution < -0.4 is 5.73 Å². The maximum Gasteiger partial charge on any atom is 0.416 e. The Labute approximate surface area is 127 Å². The summed E-state index contributed by atoms with van der Waals surface area (Å²) in [5.41, 5.74) is 6.11. The lowest BCUT2D eigenvalue weighted by molar-refractivity contribution is -0.137. The summed E-state index contributed by atoms with van der Waals surface area (Å²) in [4.78, 5) is 12.4. The van der Waals surface area contributed by atoms with E-state index in [1.165, 1.54) is 19.1 Å². The largest absolute Gasteiger partial charge is 0.416 e. The molecule has 0 aliphatic rings. The minimum atomic E-state index is -4.42. The fourth-order valence-corrected chi connectivity index (χ4v) is 2.50. The number of rotatable bonds is 2. The van der Waals surface area contributed by atoms with Crippen LogP contribution in [-0.2, 0) is 6.18 Å². The van der Waals surface area contributed by atoms with Crippen LogP contribution >= 0.6 is 15.9 Å². The van der Waals surface area contributed by atoms with Gasteiger partial charge in [0.2, 0.25) is 0 Å². The predicted molar refractivity (Wildman–Crippen MR) is 78.2 cm³/mol. The Bertz CT molecular complexity index is 690. The van der Waals surface area contributed by atoms with Gasteiger partial charge in [-0.1, -0.05) is 22.0 Å². The summed E-state index contributed by atoms with van der Waals surface area (Å²) in [5, 5.41) is 0. The first-order valence-corrected chi connectivity index (χ1v) is 6.76. The van der Waals surface area contributed by atoms with Gasteiger partial charge in [-0.3, -0.25) is 4.79 Å². The van der Waals surface area contributed by atoms with Crippen molar-refractivity contribution < 1.29 is 18.0 Å². The van der Waals surface area contributed by atoms with Crippen LogP contribution in [0.5, 0.6) is 0 Å². The van der Waals surface area contributed by atoms with E-state index in [4.69, 9.17) is 5.73 Å². The molecule has 0 radical (unpaired) electrons. The van der Waals surface area contributed by atoms with Gasteiger partial charge in [-0.2, -0.15) is 13.2 Å². The summed E-state index contributed by atoms with van der Waals surface area (Å²) >= 11 is 3.23. The number of anilines is 1. The van der Waals surface area contributed by atoms with Crippen molar-refractivity contribution in [2.24, 2.45) is 0 Å². The molecule has 0 heterocycles. The SMILES string of the molecule is Cc1cc(C(F)(F)F)ccc1C(=O)c1cc(N)cc(Br)c1. The molecule has 2 nitrogen and oxygen atoms in total. The van der Waals surface area contributed by atoms with Crippen molar-refractivity contribution in [1.82, 2.24) is 0 Å². The molecular formula is C15H11BrF3NO. The van der Waals surface area contributed by atoms with Crippen LogP contribution in [0.2, 0.25) is 0 Å². The highest BCUT2D eigenvalue weighted by Crippen LogP contribution is 2.31. The van der Waals surface area contributed by atoms with Crippen LogP contribution in [0.1, 0.15) is 27.0 Å². The molecule has 0 aromatic heterocycles. The van der Waals surface area contributed by atoms with Gasteiger partial charge in [0, 0.05) is 21.3 Å². The van der Waals surface area contributed by atoms with Crippen LogP contribution in [-0.4, -0.2) is 5.78 Å². The van der Waals surface area contributed by atoms with E-state index in [1.54, 1.807) is 12.1 Å². The van der Waals surface area contributed by atoms with Gasteiger partial charge in [-0.15, -0.1) is 0 Å². The molecule has 0 aliphatic heterocycles. The van der Waals surface area contributed by atoms with Crippen molar-refractivity contribution in [3.63, 3.8) is 0 Å². The second-order valence-electron chi connectivity index (χ2n) is 4.63. The molecule has 6 heteroatoms. The number of carbonyl (C=O) groups is 1. The molecule has 2 aromatic carbocycles. The Kier molecular flexibility index (Phi) is 4.09. The van der Waals surface area contributed by atoms with E-state index in [0.29, 0.717) is 15.7 Å². The fraction of sp³-hybridized carbons (Fsp3) is 0.133. The molecule has 0 unspecified atom stereocenters. The van der Waals surface area contributed by atoms with E-state index in [9.17, 15) is 18.0 Å². The number of nitrogens with two attached hydrogens (primary N) is 1. The first-order valence-electron chi connectivity index (χ1n) is 5.97. The van der Waals surface area contributed by atoms with Crippen molar-refractivity contribution in [2.75, 3.05) is 5.73 Å². The second-order valence-corrected chi connectivity index (χ2v) is 5.55. The van der Waals surface area contributed by atoms with Crippen molar-refractivity contribution >= 4 is 27.4 Å². The van der Waals surface area contributed by atoms with Crippen LogP contribution in [0.3, 0.4) is 0 Å². The number of halogens is 4. The molecule has 0 bridgehead atoms. The van der Waals surface area contributed by atoms with Crippen LogP contribution in [0.4, 0.5) is 18.9 Å². The number of benzene rings is 2. The molecule has 0 spiro atoms. The number of alkyl halides is 3. The Balaban J connectivity index is 2.44. The van der Waals surface area contributed by atoms with Gasteiger partial charge in [0.25, 0.3) is 0 Å². The standard InChI is InChI=1S/C15H11BrF3NO/c1-8-4-10(15(17,18)19)2-3-13(8)14(21)9-5-11(16)7-12(20)6-9/h2-7H,20H2,1H3. The summed E-state index contributed by atoms with van der Waals surface area (Å²) in [6.07, 6.45) is -4.42. The first-order chi connectivity index (χ1) is 9.68. The van der Waals surface area contributed by atoms with Gasteiger partial charge in [0.15, 0.2) is 5.78 Å². The molecule has 2 rings (SSSR count). The average molecular weight is 358 g/mol. The zero-order chi connectivity index (χ0) is 15.8. The van der Waals surface area contributed by atoms with Gasteiger partial charge in [0.05, 0.1) is 5.56 Å². The number of ketones is 1. The number of nitrogen functional groups attached to an aromatic ring is 1. The molecule has 0 atom stereocenters. The van der Waals surface area contributed by atoms with Crippen molar-refractivity contribution in [2.45, 2.75) is 13.1 Å². The normalized spacial score (nSPS) is 11.5. The van der Waals surface area contributed by atoms with E-state index in [0.717, 1.165) is 12.1 Å². The van der Waals surface area contributed by atoms with E-state index in [-0.39, 0.29) is 16.9 Å². The molecule has 0 saturated carbocycles. The third-order valence-corrected chi connectivity index (χ3v) is 3.44. The average Bonchev–Trinajstić information content (AvgIpc) is 2.35. The highest BCUT2D eigenvalue weighted by molar-refractivity contribution is 9.10. The molecule has 2 aromatic rings. The highest BCUT2D eigenvalue weighted by atomic mass is 79.9. The molecule has 0 saturated heterocycles. The number of hydrogen-bond acceptors (Lipinski definition) is 2. The predicted octanol–water partition coefficient (Wildman–Crippen LogP) is 4.59. The first kappa shape index (κ1) is 15.6. The van der Waals surface area contributed by atoms with Crippen LogP contribution in [0.25, 0.3) is 0 Å². The lowest BCUT2D eigenvalue weighted by Crippen LogP contribution is -2.09. The fourth-order valence-electron chi connectivity index (χ4n) is 1.99. The highest BCUT2D eigenvalue weighted by Gasteiger charge is 2.31. The maximum atomic E-state index is 12.6. The van der Waals surface area contributed by atoms with E-state index < -0.39 is 11.7 Å². The Morgan fingerprint density at radius 1 is 1.14 bits per heavy atom. The Morgan fingerprint density at radius 3 is 2.33 bits per heavy atom. The molecule has 0 aliphatic carbocycles. The van der Waals surface area contributed by atoms with Gasteiger partial charge >= 0.3 is 6.18 Å². The summed E-state index contributed by atoms with van der Waals surface area (Å²) in [7, 11) is 0. The molecule has 110 valence electrons. The summed E-state index contributed by atoms with van der Waals surface area (Å²) in [5.74, 6) is -0.366. The lowest BCUT2D eigenvalue weighted by Gasteiger charge is -2.11. The zero-order valence-electron chi connectivity index (χ0n) is 11.0. The topological polar surface area (TPSA) is 43.1 Å². The van der Waals surface area contributed by atoms with Crippen molar-refractivity contribution in [1.29, 1.82) is 0 Å². The Hall–Kier alpha value is -1.82. The third kappa shape index (κ3) is 3.44. The van der Waals surface area contributed by atoms with Gasteiger partial charge in [-0.05, 0) is 42.8 Å². The van der Waals surface area contributed by atoms with E-state index in [2.05, 4.69) is 15.9 Å². The quantitative estimate of drug-likeness (QED) is 0.630. The van der Waals surface area contributed by atoms with Gasteiger partial charge < -0.3 is 5.73 Å². The van der Waals surface area contributed by atoms with E-state index in [1.807, 2.05) is 0 Å². The number of hydrogen-bond donors (Lipinski definition) is 1. The summed E-state index contributed by atoms with van der Waals surface area (Å²) in [6.45, 7) is 1.48. The molecule has 0 fully saturated rings. The number of carbonyl (C=O) groups excluding carboxylic acids is 1.